The van der Waals surface area contributed by atoms with Crippen molar-refractivity contribution >= 4 is 23.8 Å². The third-order valence-electron chi connectivity index (χ3n) is 5.32. The highest BCUT2D eigenvalue weighted by molar-refractivity contribution is 6.09. The van der Waals surface area contributed by atoms with Gasteiger partial charge in [-0.25, -0.2) is 4.79 Å². The summed E-state index contributed by atoms with van der Waals surface area (Å²) in [7, 11) is 0. The monoisotopic (exact) mass is 336 g/mol. The second kappa shape index (κ2) is 6.41. The van der Waals surface area contributed by atoms with Crippen LogP contribution in [-0.2, 0) is 14.4 Å². The molecule has 0 unspecified atom stereocenters. The molecule has 0 aromatic carbocycles. The topological polar surface area (TPSA) is 90.0 Å². The van der Waals surface area contributed by atoms with E-state index < -0.39 is 11.6 Å². The number of amides is 5. The van der Waals surface area contributed by atoms with Gasteiger partial charge in [-0.15, -0.1) is 0 Å². The van der Waals surface area contributed by atoms with Gasteiger partial charge in [-0.05, 0) is 12.8 Å². The van der Waals surface area contributed by atoms with Crippen molar-refractivity contribution < 1.29 is 19.2 Å². The van der Waals surface area contributed by atoms with Crippen LogP contribution in [0.25, 0.3) is 0 Å². The Labute approximate surface area is 141 Å². The molecule has 5 amide bonds. The van der Waals surface area contributed by atoms with Gasteiger partial charge in [0.15, 0.2) is 0 Å². The van der Waals surface area contributed by atoms with Crippen molar-refractivity contribution in [2.75, 3.05) is 32.7 Å². The fourth-order valence-electron chi connectivity index (χ4n) is 3.82. The maximum absolute atomic E-state index is 12.7. The molecule has 1 saturated carbocycles. The number of piperazine rings is 1. The number of nitrogens with one attached hydrogen (secondary N) is 1. The zero-order valence-electron chi connectivity index (χ0n) is 14.0. The van der Waals surface area contributed by atoms with Crippen LogP contribution >= 0.6 is 0 Å². The summed E-state index contributed by atoms with van der Waals surface area (Å²) in [5.41, 5.74) is -0.789. The molecule has 3 rings (SSSR count). The molecule has 1 aliphatic carbocycles. The summed E-state index contributed by atoms with van der Waals surface area (Å²) in [6, 6.07) is -0.461. The van der Waals surface area contributed by atoms with Crippen molar-refractivity contribution in [1.82, 2.24) is 20.0 Å². The highest BCUT2D eigenvalue weighted by Crippen LogP contribution is 2.33. The minimum absolute atomic E-state index is 0.00422. The van der Waals surface area contributed by atoms with Gasteiger partial charge in [0.25, 0.3) is 5.91 Å². The lowest BCUT2D eigenvalue weighted by Crippen LogP contribution is -2.53. The van der Waals surface area contributed by atoms with Crippen LogP contribution in [-0.4, -0.2) is 76.7 Å². The summed E-state index contributed by atoms with van der Waals surface area (Å²) in [5, 5.41) is 2.81. The van der Waals surface area contributed by atoms with Crippen LogP contribution in [0.4, 0.5) is 4.79 Å². The first-order valence-corrected chi connectivity index (χ1v) is 8.60. The molecule has 2 saturated heterocycles. The number of rotatable bonds is 2. The highest BCUT2D eigenvalue weighted by atomic mass is 16.2. The summed E-state index contributed by atoms with van der Waals surface area (Å²) < 4.78 is 0. The predicted octanol–water partition coefficient (Wildman–Crippen LogP) is -0.0682. The van der Waals surface area contributed by atoms with Gasteiger partial charge >= 0.3 is 6.03 Å². The van der Waals surface area contributed by atoms with Crippen LogP contribution in [0.3, 0.4) is 0 Å². The van der Waals surface area contributed by atoms with Crippen molar-refractivity contribution in [2.45, 2.75) is 44.6 Å². The molecule has 24 heavy (non-hydrogen) atoms. The van der Waals surface area contributed by atoms with Crippen molar-refractivity contribution in [3.63, 3.8) is 0 Å². The van der Waals surface area contributed by atoms with Crippen molar-refractivity contribution in [3.8, 4) is 0 Å². The maximum Gasteiger partial charge on any atom is 0.325 e. The Kier molecular flexibility index (Phi) is 4.47. The molecular formula is C16H24N4O4. The molecule has 0 bridgehead atoms. The zero-order valence-corrected chi connectivity index (χ0v) is 14.0. The molecule has 3 fully saturated rings. The fourth-order valence-corrected chi connectivity index (χ4v) is 3.82. The van der Waals surface area contributed by atoms with E-state index in [1.807, 2.05) is 0 Å². The quantitative estimate of drug-likeness (QED) is 0.715. The Morgan fingerprint density at radius 1 is 1.00 bits per heavy atom. The Hall–Kier alpha value is -2.12. The summed E-state index contributed by atoms with van der Waals surface area (Å²) in [6.45, 7) is 3.15. The second-order valence-electron chi connectivity index (χ2n) is 6.85. The van der Waals surface area contributed by atoms with Gasteiger partial charge in [-0.3, -0.25) is 19.3 Å². The summed E-state index contributed by atoms with van der Waals surface area (Å²) in [5.74, 6) is -0.507. The number of hydrogen-bond acceptors (Lipinski definition) is 4. The van der Waals surface area contributed by atoms with Crippen LogP contribution in [0.1, 0.15) is 39.0 Å². The number of carbonyl (C=O) groups is 4. The minimum atomic E-state index is -0.789. The summed E-state index contributed by atoms with van der Waals surface area (Å²) in [4.78, 5) is 53.0. The third-order valence-corrected chi connectivity index (χ3v) is 5.32. The van der Waals surface area contributed by atoms with Crippen LogP contribution < -0.4 is 5.32 Å². The lowest BCUT2D eigenvalue weighted by atomic mass is 9.82. The molecule has 0 aromatic heterocycles. The Morgan fingerprint density at radius 2 is 1.58 bits per heavy atom. The van der Waals surface area contributed by atoms with Gasteiger partial charge < -0.3 is 15.1 Å². The molecular weight excluding hydrogens is 312 g/mol. The maximum atomic E-state index is 12.7. The summed E-state index contributed by atoms with van der Waals surface area (Å²) >= 11 is 0. The van der Waals surface area contributed by atoms with E-state index in [1.165, 1.54) is 6.92 Å². The van der Waals surface area contributed by atoms with Crippen LogP contribution in [0.2, 0.25) is 0 Å². The molecule has 1 spiro atoms. The van der Waals surface area contributed by atoms with E-state index in [-0.39, 0.29) is 24.3 Å². The first-order valence-electron chi connectivity index (χ1n) is 8.60. The Bertz CT molecular complexity index is 562. The predicted molar refractivity (Wildman–Crippen MR) is 84.9 cm³/mol. The minimum Gasteiger partial charge on any atom is -0.339 e. The van der Waals surface area contributed by atoms with Crippen LogP contribution in [0.5, 0.6) is 0 Å². The molecule has 132 valence electrons. The molecule has 0 atom stereocenters. The number of urea groups is 1. The lowest BCUT2D eigenvalue weighted by molar-refractivity contribution is -0.142. The molecule has 8 heteroatoms. The highest BCUT2D eigenvalue weighted by Gasteiger charge is 2.51. The van der Waals surface area contributed by atoms with Gasteiger partial charge in [0.1, 0.15) is 12.1 Å². The molecule has 8 nitrogen and oxygen atoms in total. The largest absolute Gasteiger partial charge is 0.339 e. The van der Waals surface area contributed by atoms with Crippen molar-refractivity contribution in [2.24, 2.45) is 0 Å². The normalized spacial score (nSPS) is 23.6. The van der Waals surface area contributed by atoms with Gasteiger partial charge in [-0.2, -0.15) is 0 Å². The Balaban J connectivity index is 1.59. The molecule has 2 aliphatic heterocycles. The molecule has 0 aromatic rings. The number of hydrogen-bond donors (Lipinski definition) is 1. The SMILES string of the molecule is CC(=O)N1CCN(C(=O)CN2C(=O)NC3(CCCCC3)C2=O)CC1. The zero-order chi connectivity index (χ0) is 17.3. The van der Waals surface area contributed by atoms with Gasteiger partial charge in [-0.1, -0.05) is 19.3 Å². The average molecular weight is 336 g/mol. The van der Waals surface area contributed by atoms with Crippen molar-refractivity contribution in [3.05, 3.63) is 0 Å². The van der Waals surface area contributed by atoms with Gasteiger partial charge in [0.05, 0.1) is 0 Å². The summed E-state index contributed by atoms with van der Waals surface area (Å²) in [6.07, 6.45) is 4.21. The van der Waals surface area contributed by atoms with Crippen molar-refractivity contribution in [1.29, 1.82) is 0 Å². The fraction of sp³-hybridized carbons (Fsp3) is 0.750. The Morgan fingerprint density at radius 3 is 2.17 bits per heavy atom. The number of nitrogens with zero attached hydrogens (tertiary/aromatic N) is 3. The number of carbonyl (C=O) groups excluding carboxylic acids is 4. The average Bonchev–Trinajstić information content (AvgIpc) is 2.79. The van der Waals surface area contributed by atoms with E-state index in [0.29, 0.717) is 39.0 Å². The van der Waals surface area contributed by atoms with E-state index in [4.69, 9.17) is 0 Å². The molecule has 3 aliphatic rings. The molecule has 2 heterocycles. The van der Waals surface area contributed by atoms with E-state index in [0.717, 1.165) is 24.2 Å². The number of imide groups is 1. The van der Waals surface area contributed by atoms with Crippen LogP contribution in [0.15, 0.2) is 0 Å². The smallest absolute Gasteiger partial charge is 0.325 e. The lowest BCUT2D eigenvalue weighted by Gasteiger charge is -2.35. The van der Waals surface area contributed by atoms with Crippen LogP contribution in [0, 0.1) is 0 Å². The van der Waals surface area contributed by atoms with E-state index in [2.05, 4.69) is 5.32 Å². The second-order valence-corrected chi connectivity index (χ2v) is 6.85. The first-order chi connectivity index (χ1) is 11.4. The first kappa shape index (κ1) is 16.7. The standard InChI is InChI=1S/C16H24N4O4/c1-12(21)18-7-9-19(10-8-18)13(22)11-20-14(23)16(17-15(20)24)5-3-2-4-6-16/h2-11H2,1H3,(H,17,24). The van der Waals surface area contributed by atoms with E-state index >= 15 is 0 Å². The van der Waals surface area contributed by atoms with Gasteiger partial charge in [0, 0.05) is 33.1 Å². The molecule has 1 N–H and O–H groups in total. The molecule has 0 radical (unpaired) electrons. The third kappa shape index (κ3) is 2.97. The van der Waals surface area contributed by atoms with E-state index in [9.17, 15) is 19.2 Å². The van der Waals surface area contributed by atoms with E-state index in [1.54, 1.807) is 9.80 Å². The van der Waals surface area contributed by atoms with Gasteiger partial charge in [0.2, 0.25) is 11.8 Å².